The third-order valence-corrected chi connectivity index (χ3v) is 3.87. The summed E-state index contributed by atoms with van der Waals surface area (Å²) >= 11 is 0. The van der Waals surface area contributed by atoms with Crippen LogP contribution in [0.2, 0.25) is 0 Å². The molecule has 14 heavy (non-hydrogen) atoms. The fourth-order valence-corrected chi connectivity index (χ4v) is 2.61. The largest absolute Gasteiger partial charge is 0.316 e. The maximum Gasteiger partial charge on any atom is 0.00223 e. The normalized spacial score (nSPS) is 28.3. The molecule has 0 aromatic carbocycles. The Labute approximate surface area is 88.1 Å². The molecule has 0 bridgehead atoms. The molecule has 1 saturated carbocycles. The SMILES string of the molecule is CCN(CC1CCC1)CC1CCNC1. The van der Waals surface area contributed by atoms with E-state index in [1.165, 1.54) is 58.4 Å². The molecule has 0 aromatic rings. The summed E-state index contributed by atoms with van der Waals surface area (Å²) in [6, 6.07) is 0. The molecule has 0 amide bonds. The molecule has 0 radical (unpaired) electrons. The summed E-state index contributed by atoms with van der Waals surface area (Å²) in [6.07, 6.45) is 5.84. The first-order chi connectivity index (χ1) is 6.88. The second-order valence-corrected chi connectivity index (χ2v) is 5.01. The average Bonchev–Trinajstić information content (AvgIpc) is 2.61. The maximum atomic E-state index is 3.46. The second kappa shape index (κ2) is 5.13. The van der Waals surface area contributed by atoms with Crippen LogP contribution in [0.4, 0.5) is 0 Å². The molecule has 2 aliphatic rings. The Balaban J connectivity index is 1.68. The molecule has 1 atom stereocenters. The monoisotopic (exact) mass is 196 g/mol. The summed E-state index contributed by atoms with van der Waals surface area (Å²) in [5, 5.41) is 3.46. The van der Waals surface area contributed by atoms with Gasteiger partial charge < -0.3 is 10.2 Å². The van der Waals surface area contributed by atoms with Crippen molar-refractivity contribution in [2.45, 2.75) is 32.6 Å². The van der Waals surface area contributed by atoms with Gasteiger partial charge in [-0.05, 0) is 50.7 Å². The molecule has 1 saturated heterocycles. The molecule has 1 heterocycles. The highest BCUT2D eigenvalue weighted by molar-refractivity contribution is 4.78. The van der Waals surface area contributed by atoms with Gasteiger partial charge in [0, 0.05) is 13.1 Å². The van der Waals surface area contributed by atoms with Crippen molar-refractivity contribution in [3.05, 3.63) is 0 Å². The van der Waals surface area contributed by atoms with E-state index in [2.05, 4.69) is 17.1 Å². The van der Waals surface area contributed by atoms with Gasteiger partial charge in [-0.1, -0.05) is 13.3 Å². The molecule has 2 heteroatoms. The van der Waals surface area contributed by atoms with Crippen LogP contribution in [0.5, 0.6) is 0 Å². The third kappa shape index (κ3) is 2.71. The molecule has 1 unspecified atom stereocenters. The fourth-order valence-electron chi connectivity index (χ4n) is 2.61. The Morgan fingerprint density at radius 1 is 1.14 bits per heavy atom. The van der Waals surface area contributed by atoms with Crippen LogP contribution in [-0.2, 0) is 0 Å². The van der Waals surface area contributed by atoms with Crippen LogP contribution < -0.4 is 5.32 Å². The zero-order valence-electron chi connectivity index (χ0n) is 9.47. The van der Waals surface area contributed by atoms with Crippen molar-refractivity contribution in [1.29, 1.82) is 0 Å². The average molecular weight is 196 g/mol. The highest BCUT2D eigenvalue weighted by atomic mass is 15.1. The van der Waals surface area contributed by atoms with Crippen LogP contribution >= 0.6 is 0 Å². The summed E-state index contributed by atoms with van der Waals surface area (Å²) in [5.74, 6) is 1.96. The van der Waals surface area contributed by atoms with Crippen molar-refractivity contribution in [2.24, 2.45) is 11.8 Å². The zero-order chi connectivity index (χ0) is 9.80. The van der Waals surface area contributed by atoms with Crippen molar-refractivity contribution in [3.8, 4) is 0 Å². The van der Waals surface area contributed by atoms with E-state index in [1.807, 2.05) is 0 Å². The minimum absolute atomic E-state index is 0.926. The van der Waals surface area contributed by atoms with Gasteiger partial charge in [-0.2, -0.15) is 0 Å². The lowest BCUT2D eigenvalue weighted by molar-refractivity contribution is 0.167. The maximum absolute atomic E-state index is 3.46. The predicted octanol–water partition coefficient (Wildman–Crippen LogP) is 1.72. The standard InChI is InChI=1S/C12H24N2/c1-2-14(9-11-4-3-5-11)10-12-6-7-13-8-12/h11-13H,2-10H2,1H3. The van der Waals surface area contributed by atoms with Gasteiger partial charge in [0.2, 0.25) is 0 Å². The van der Waals surface area contributed by atoms with Gasteiger partial charge in [0.1, 0.15) is 0 Å². The third-order valence-electron chi connectivity index (χ3n) is 3.87. The molecule has 0 aromatic heterocycles. The molecule has 1 aliphatic carbocycles. The van der Waals surface area contributed by atoms with Crippen LogP contribution in [0.1, 0.15) is 32.6 Å². The molecule has 1 N–H and O–H groups in total. The summed E-state index contributed by atoms with van der Waals surface area (Å²) in [5.41, 5.74) is 0. The van der Waals surface area contributed by atoms with E-state index >= 15 is 0 Å². The Bertz CT molecular complexity index is 160. The number of hydrogen-bond donors (Lipinski definition) is 1. The molecule has 2 rings (SSSR count). The fraction of sp³-hybridized carbons (Fsp3) is 1.00. The van der Waals surface area contributed by atoms with Crippen LogP contribution in [-0.4, -0.2) is 37.6 Å². The smallest absolute Gasteiger partial charge is 0.00223 e. The van der Waals surface area contributed by atoms with Crippen molar-refractivity contribution in [3.63, 3.8) is 0 Å². The predicted molar refractivity (Wildman–Crippen MR) is 60.4 cm³/mol. The molecular formula is C12H24N2. The molecule has 2 nitrogen and oxygen atoms in total. The number of nitrogens with one attached hydrogen (secondary N) is 1. The first-order valence-corrected chi connectivity index (χ1v) is 6.31. The lowest BCUT2D eigenvalue weighted by atomic mass is 9.85. The van der Waals surface area contributed by atoms with E-state index in [0.717, 1.165) is 11.8 Å². The topological polar surface area (TPSA) is 15.3 Å². The van der Waals surface area contributed by atoms with Crippen molar-refractivity contribution >= 4 is 0 Å². The Kier molecular flexibility index (Phi) is 3.82. The van der Waals surface area contributed by atoms with Crippen molar-refractivity contribution < 1.29 is 0 Å². The lowest BCUT2D eigenvalue weighted by Gasteiger charge is -2.33. The molecular weight excluding hydrogens is 172 g/mol. The molecule has 82 valence electrons. The van der Waals surface area contributed by atoms with Gasteiger partial charge >= 0.3 is 0 Å². The minimum atomic E-state index is 0.926. The summed E-state index contributed by atoms with van der Waals surface area (Å²) in [4.78, 5) is 2.67. The van der Waals surface area contributed by atoms with E-state index in [4.69, 9.17) is 0 Å². The van der Waals surface area contributed by atoms with Gasteiger partial charge in [-0.15, -0.1) is 0 Å². The molecule has 1 aliphatic heterocycles. The highest BCUT2D eigenvalue weighted by Crippen LogP contribution is 2.27. The van der Waals surface area contributed by atoms with E-state index < -0.39 is 0 Å². The number of rotatable bonds is 5. The Hall–Kier alpha value is -0.0800. The van der Waals surface area contributed by atoms with Crippen molar-refractivity contribution in [2.75, 3.05) is 32.7 Å². The second-order valence-electron chi connectivity index (χ2n) is 5.01. The van der Waals surface area contributed by atoms with Crippen LogP contribution in [0.3, 0.4) is 0 Å². The van der Waals surface area contributed by atoms with E-state index in [0.29, 0.717) is 0 Å². The lowest BCUT2D eigenvalue weighted by Crippen LogP contribution is -2.36. The summed E-state index contributed by atoms with van der Waals surface area (Å²) < 4.78 is 0. The first kappa shape index (κ1) is 10.4. The van der Waals surface area contributed by atoms with Crippen LogP contribution in [0.15, 0.2) is 0 Å². The molecule has 2 fully saturated rings. The van der Waals surface area contributed by atoms with E-state index in [-0.39, 0.29) is 0 Å². The summed E-state index contributed by atoms with van der Waals surface area (Å²) in [7, 11) is 0. The van der Waals surface area contributed by atoms with Crippen LogP contribution in [0.25, 0.3) is 0 Å². The van der Waals surface area contributed by atoms with Gasteiger partial charge in [-0.3, -0.25) is 0 Å². The summed E-state index contributed by atoms with van der Waals surface area (Å²) in [6.45, 7) is 8.74. The Morgan fingerprint density at radius 3 is 2.43 bits per heavy atom. The zero-order valence-corrected chi connectivity index (χ0v) is 9.47. The quantitative estimate of drug-likeness (QED) is 0.720. The Morgan fingerprint density at radius 2 is 1.93 bits per heavy atom. The van der Waals surface area contributed by atoms with E-state index in [1.54, 1.807) is 0 Å². The van der Waals surface area contributed by atoms with Gasteiger partial charge in [-0.25, -0.2) is 0 Å². The van der Waals surface area contributed by atoms with Gasteiger partial charge in [0.15, 0.2) is 0 Å². The highest BCUT2D eigenvalue weighted by Gasteiger charge is 2.22. The minimum Gasteiger partial charge on any atom is -0.316 e. The first-order valence-electron chi connectivity index (χ1n) is 6.31. The van der Waals surface area contributed by atoms with E-state index in [9.17, 15) is 0 Å². The molecule has 0 spiro atoms. The van der Waals surface area contributed by atoms with Gasteiger partial charge in [0.25, 0.3) is 0 Å². The number of hydrogen-bond acceptors (Lipinski definition) is 2. The van der Waals surface area contributed by atoms with Crippen LogP contribution in [0, 0.1) is 11.8 Å². The number of nitrogens with zero attached hydrogens (tertiary/aromatic N) is 1. The van der Waals surface area contributed by atoms with Gasteiger partial charge in [0.05, 0.1) is 0 Å². The van der Waals surface area contributed by atoms with Crippen molar-refractivity contribution in [1.82, 2.24) is 10.2 Å².